The van der Waals surface area contributed by atoms with Gasteiger partial charge < -0.3 is 4.74 Å². The summed E-state index contributed by atoms with van der Waals surface area (Å²) in [4.78, 5) is 12.0. The Labute approximate surface area is 102 Å². The van der Waals surface area contributed by atoms with Crippen LogP contribution in [0.2, 0.25) is 0 Å². The molecule has 0 spiro atoms. The minimum Gasteiger partial charge on any atom is -0.465 e. The van der Waals surface area contributed by atoms with Crippen molar-refractivity contribution >= 4 is 16.8 Å². The number of ether oxygens (including phenoxy) is 1. The second-order valence-electron chi connectivity index (χ2n) is 3.40. The molecular formula is C12H15FO3S. The molecule has 5 heteroatoms. The van der Waals surface area contributed by atoms with E-state index < -0.39 is 27.8 Å². The molecule has 3 nitrogen and oxygen atoms in total. The van der Waals surface area contributed by atoms with Gasteiger partial charge in [-0.15, -0.1) is 0 Å². The van der Waals surface area contributed by atoms with Gasteiger partial charge in [0.2, 0.25) is 0 Å². The fraction of sp³-hybridized carbons (Fsp3) is 0.417. The van der Waals surface area contributed by atoms with Crippen LogP contribution in [0.25, 0.3) is 0 Å². The van der Waals surface area contributed by atoms with Crippen molar-refractivity contribution in [1.29, 1.82) is 0 Å². The van der Waals surface area contributed by atoms with Crippen molar-refractivity contribution in [3.8, 4) is 0 Å². The summed E-state index contributed by atoms with van der Waals surface area (Å²) in [6, 6.07) is 5.30. The maximum absolute atomic E-state index is 12.7. The Balaban J connectivity index is 2.86. The number of esters is 1. The van der Waals surface area contributed by atoms with Crippen molar-refractivity contribution in [1.82, 2.24) is 0 Å². The molecule has 17 heavy (non-hydrogen) atoms. The molecule has 2 unspecified atom stereocenters. The van der Waals surface area contributed by atoms with Gasteiger partial charge in [-0.05, 0) is 37.6 Å². The average Bonchev–Trinajstić information content (AvgIpc) is 2.31. The molecule has 0 saturated carbocycles. The molecule has 0 aromatic heterocycles. The van der Waals surface area contributed by atoms with Gasteiger partial charge in [-0.3, -0.25) is 9.00 Å². The van der Waals surface area contributed by atoms with Crippen LogP contribution >= 0.6 is 0 Å². The van der Waals surface area contributed by atoms with Crippen molar-refractivity contribution in [2.75, 3.05) is 6.61 Å². The average molecular weight is 258 g/mol. The molecule has 0 fully saturated rings. The van der Waals surface area contributed by atoms with Crippen LogP contribution < -0.4 is 0 Å². The lowest BCUT2D eigenvalue weighted by molar-refractivity contribution is -0.142. The first-order valence-electron chi connectivity index (χ1n) is 5.42. The predicted octanol–water partition coefficient (Wildman–Crippen LogP) is 2.28. The number of carbonyl (C=O) groups excluding carboxylic acids is 1. The monoisotopic (exact) mass is 258 g/mol. The Morgan fingerprint density at radius 1 is 1.35 bits per heavy atom. The lowest BCUT2D eigenvalue weighted by Crippen LogP contribution is -2.27. The minimum absolute atomic E-state index is 0.260. The van der Waals surface area contributed by atoms with Gasteiger partial charge in [-0.2, -0.15) is 0 Å². The van der Waals surface area contributed by atoms with Gasteiger partial charge in [0.1, 0.15) is 11.1 Å². The number of halogens is 1. The SMILES string of the molecule is CCOC(=O)C(CC)S(=O)c1ccc(F)cc1. The van der Waals surface area contributed by atoms with E-state index in [4.69, 9.17) is 4.74 Å². The van der Waals surface area contributed by atoms with Gasteiger partial charge >= 0.3 is 5.97 Å². The third-order valence-corrected chi connectivity index (χ3v) is 4.00. The summed E-state index contributed by atoms with van der Waals surface area (Å²) in [6.07, 6.45) is 0.419. The molecular weight excluding hydrogens is 243 g/mol. The van der Waals surface area contributed by atoms with E-state index in [0.29, 0.717) is 11.3 Å². The van der Waals surface area contributed by atoms with E-state index in [-0.39, 0.29) is 6.61 Å². The molecule has 0 aliphatic carbocycles. The summed E-state index contributed by atoms with van der Waals surface area (Å²) < 4.78 is 29.7. The van der Waals surface area contributed by atoms with Gasteiger partial charge in [-0.25, -0.2) is 4.39 Å². The molecule has 94 valence electrons. The van der Waals surface area contributed by atoms with Crippen molar-refractivity contribution in [3.63, 3.8) is 0 Å². The van der Waals surface area contributed by atoms with Crippen LogP contribution in [-0.4, -0.2) is 22.0 Å². The zero-order valence-electron chi connectivity index (χ0n) is 9.81. The summed E-state index contributed by atoms with van der Waals surface area (Å²) in [6.45, 7) is 3.73. The number of carbonyl (C=O) groups is 1. The Bertz CT molecular complexity index is 403. The summed E-state index contributed by atoms with van der Waals surface area (Å²) in [5.41, 5.74) is 0. The topological polar surface area (TPSA) is 43.4 Å². The molecule has 0 aliphatic rings. The zero-order valence-corrected chi connectivity index (χ0v) is 10.6. The van der Waals surface area contributed by atoms with Crippen LogP contribution in [0.4, 0.5) is 4.39 Å². The molecule has 1 aromatic carbocycles. The molecule has 0 amide bonds. The highest BCUT2D eigenvalue weighted by atomic mass is 32.2. The van der Waals surface area contributed by atoms with Crippen molar-refractivity contribution in [3.05, 3.63) is 30.1 Å². The number of rotatable bonds is 5. The van der Waals surface area contributed by atoms with Crippen molar-refractivity contribution < 1.29 is 18.1 Å². The summed E-state index contributed by atoms with van der Waals surface area (Å²) >= 11 is 0. The molecule has 1 rings (SSSR count). The predicted molar refractivity (Wildman–Crippen MR) is 63.5 cm³/mol. The number of hydrogen-bond donors (Lipinski definition) is 0. The van der Waals surface area contributed by atoms with Crippen LogP contribution in [0.15, 0.2) is 29.2 Å². The normalized spacial score (nSPS) is 14.1. The van der Waals surface area contributed by atoms with E-state index in [9.17, 15) is 13.4 Å². The third kappa shape index (κ3) is 3.63. The highest BCUT2D eigenvalue weighted by molar-refractivity contribution is 7.86. The van der Waals surface area contributed by atoms with Gasteiger partial charge in [-0.1, -0.05) is 6.92 Å². The van der Waals surface area contributed by atoms with E-state index >= 15 is 0 Å². The lowest BCUT2D eigenvalue weighted by Gasteiger charge is -2.13. The van der Waals surface area contributed by atoms with Crippen LogP contribution in [0.5, 0.6) is 0 Å². The summed E-state index contributed by atoms with van der Waals surface area (Å²) in [7, 11) is -1.50. The quantitative estimate of drug-likeness (QED) is 0.761. The molecule has 0 aliphatic heterocycles. The van der Waals surface area contributed by atoms with Crippen LogP contribution in [0, 0.1) is 5.82 Å². The van der Waals surface area contributed by atoms with E-state index in [1.807, 2.05) is 0 Å². The van der Waals surface area contributed by atoms with E-state index in [0.717, 1.165) is 0 Å². The molecule has 0 radical (unpaired) electrons. The van der Waals surface area contributed by atoms with E-state index in [1.54, 1.807) is 13.8 Å². The second kappa shape index (κ2) is 6.49. The maximum atomic E-state index is 12.7. The fourth-order valence-corrected chi connectivity index (χ4v) is 2.65. The zero-order chi connectivity index (χ0) is 12.8. The van der Waals surface area contributed by atoms with Crippen LogP contribution in [0.1, 0.15) is 20.3 Å². The largest absolute Gasteiger partial charge is 0.465 e. The molecule has 0 heterocycles. The third-order valence-electron chi connectivity index (χ3n) is 2.22. The fourth-order valence-electron chi connectivity index (χ4n) is 1.37. The van der Waals surface area contributed by atoms with Gasteiger partial charge in [0.05, 0.1) is 17.4 Å². The number of benzene rings is 1. The van der Waals surface area contributed by atoms with Gasteiger partial charge in [0.15, 0.2) is 0 Å². The highest BCUT2D eigenvalue weighted by Gasteiger charge is 2.25. The molecule has 1 aromatic rings. The number of hydrogen-bond acceptors (Lipinski definition) is 3. The Morgan fingerprint density at radius 2 is 1.94 bits per heavy atom. The van der Waals surface area contributed by atoms with E-state index in [2.05, 4.69) is 0 Å². The highest BCUT2D eigenvalue weighted by Crippen LogP contribution is 2.15. The maximum Gasteiger partial charge on any atom is 0.322 e. The first-order valence-corrected chi connectivity index (χ1v) is 6.64. The van der Waals surface area contributed by atoms with Crippen molar-refractivity contribution in [2.45, 2.75) is 30.4 Å². The molecule has 0 bridgehead atoms. The van der Waals surface area contributed by atoms with Crippen molar-refractivity contribution in [2.24, 2.45) is 0 Å². The summed E-state index contributed by atoms with van der Waals surface area (Å²) in [5.74, 6) is -0.868. The Hall–Kier alpha value is -1.23. The smallest absolute Gasteiger partial charge is 0.322 e. The van der Waals surface area contributed by atoms with Gasteiger partial charge in [0, 0.05) is 4.90 Å². The van der Waals surface area contributed by atoms with Crippen LogP contribution in [0.3, 0.4) is 0 Å². The van der Waals surface area contributed by atoms with Gasteiger partial charge in [0.25, 0.3) is 0 Å². The lowest BCUT2D eigenvalue weighted by atomic mass is 10.3. The first kappa shape index (κ1) is 13.8. The van der Waals surface area contributed by atoms with E-state index in [1.165, 1.54) is 24.3 Å². The first-order chi connectivity index (χ1) is 8.10. The second-order valence-corrected chi connectivity index (χ2v) is 5.04. The standard InChI is InChI=1S/C12H15FO3S/c1-3-11(12(14)16-4-2)17(15)10-7-5-9(13)6-8-10/h5-8,11H,3-4H2,1-2H3. The van der Waals surface area contributed by atoms with Crippen LogP contribution in [-0.2, 0) is 20.3 Å². The molecule has 0 saturated heterocycles. The molecule has 2 atom stereocenters. The summed E-state index contributed by atoms with van der Waals surface area (Å²) in [5, 5.41) is -0.694. The minimum atomic E-state index is -1.50. The Kier molecular flexibility index (Phi) is 5.28. The molecule has 0 N–H and O–H groups in total. The Morgan fingerprint density at radius 3 is 2.41 bits per heavy atom.